The average Bonchev–Trinajstić information content (AvgIpc) is 3.44. The van der Waals surface area contributed by atoms with Crippen LogP contribution in [0, 0.1) is 46.3 Å². The van der Waals surface area contributed by atoms with Gasteiger partial charge in [-0.1, -0.05) is 0 Å². The van der Waals surface area contributed by atoms with Gasteiger partial charge in [-0.25, -0.2) is 0 Å². The Labute approximate surface area is 289 Å². The molecule has 7 rings (SSSR count). The fourth-order valence-corrected chi connectivity index (χ4v) is 28.7. The second kappa shape index (κ2) is 13.3. The Morgan fingerprint density at radius 1 is 0.723 bits per heavy atom. The SMILES string of the molecule is CC(C)CCC[C@@H](C)[C@H]1CC[C@H]2[C@@H]3[C@H]([Sn]([c]4ccccc4)([c]4ccccc4)[c]4ccccc4)C=C4CC(=O)CC[C@]4(C)[C@H]3CC[C@]12C. The van der Waals surface area contributed by atoms with E-state index in [1.165, 1.54) is 50.5 Å². The van der Waals surface area contributed by atoms with Gasteiger partial charge in [-0.2, -0.15) is 0 Å². The number of benzene rings is 3. The molecule has 0 amide bonds. The fraction of sp³-hybridized carbons (Fsp3) is 0.533. The molecule has 0 radical (unpaired) electrons. The van der Waals surface area contributed by atoms with Crippen LogP contribution in [0.25, 0.3) is 0 Å². The number of Topliss-reactive ketones (excluding diaryl/α,β-unsaturated/α-hetero) is 1. The normalized spacial score (nSPS) is 32.7. The minimum absolute atomic E-state index is 0.152. The van der Waals surface area contributed by atoms with Crippen molar-refractivity contribution in [2.75, 3.05) is 0 Å². The number of hydrogen-bond donors (Lipinski definition) is 0. The van der Waals surface area contributed by atoms with Crippen molar-refractivity contribution in [2.24, 2.45) is 46.3 Å². The molecule has 3 fully saturated rings. The molecular weight excluding hydrogens is 675 g/mol. The Morgan fingerprint density at radius 2 is 1.30 bits per heavy atom. The van der Waals surface area contributed by atoms with E-state index in [-0.39, 0.29) is 5.41 Å². The Bertz CT molecular complexity index is 1460. The van der Waals surface area contributed by atoms with Crippen LogP contribution in [0.3, 0.4) is 0 Å². The third kappa shape index (κ3) is 5.63. The van der Waals surface area contributed by atoms with E-state index in [9.17, 15) is 4.79 Å². The first-order valence-corrected chi connectivity index (χ1v) is 25.0. The van der Waals surface area contributed by atoms with Crippen LogP contribution in [0.1, 0.15) is 98.8 Å². The molecule has 0 aromatic heterocycles. The number of rotatable bonds is 9. The molecule has 0 bridgehead atoms. The van der Waals surface area contributed by atoms with Crippen molar-refractivity contribution in [3.05, 3.63) is 103 Å². The van der Waals surface area contributed by atoms with E-state index in [1.54, 1.807) is 10.7 Å². The van der Waals surface area contributed by atoms with E-state index in [1.807, 2.05) is 0 Å². The molecule has 4 aliphatic carbocycles. The van der Waals surface area contributed by atoms with Gasteiger partial charge in [-0.15, -0.1) is 0 Å². The molecular formula is C45H58OSn. The van der Waals surface area contributed by atoms with E-state index in [0.29, 0.717) is 33.4 Å². The molecule has 47 heavy (non-hydrogen) atoms. The second-order valence-corrected chi connectivity index (χ2v) is 28.5. The molecule has 0 spiro atoms. The summed E-state index contributed by atoms with van der Waals surface area (Å²) in [4.78, 5) is 13.2. The number of hydrogen-bond acceptors (Lipinski definition) is 1. The monoisotopic (exact) mass is 734 g/mol. The van der Waals surface area contributed by atoms with E-state index >= 15 is 0 Å². The molecule has 3 aromatic carbocycles. The Morgan fingerprint density at radius 3 is 1.85 bits per heavy atom. The van der Waals surface area contributed by atoms with Crippen LogP contribution in [-0.2, 0) is 4.79 Å². The molecule has 2 heteroatoms. The summed E-state index contributed by atoms with van der Waals surface area (Å²) in [5.41, 5.74) is 2.05. The van der Waals surface area contributed by atoms with Crippen LogP contribution >= 0.6 is 0 Å². The van der Waals surface area contributed by atoms with Crippen molar-refractivity contribution in [3.63, 3.8) is 0 Å². The van der Waals surface area contributed by atoms with Gasteiger partial charge in [0.15, 0.2) is 0 Å². The van der Waals surface area contributed by atoms with Crippen molar-refractivity contribution in [3.8, 4) is 0 Å². The molecule has 0 aliphatic heterocycles. The van der Waals surface area contributed by atoms with Crippen LogP contribution in [0.2, 0.25) is 3.93 Å². The number of ketones is 1. The molecule has 0 heterocycles. The van der Waals surface area contributed by atoms with Crippen molar-refractivity contribution >= 4 is 34.9 Å². The molecule has 8 atom stereocenters. The minimum atomic E-state index is -3.79. The summed E-state index contributed by atoms with van der Waals surface area (Å²) in [5.74, 6) is 4.92. The topological polar surface area (TPSA) is 17.1 Å². The summed E-state index contributed by atoms with van der Waals surface area (Å²) in [6.07, 6.45) is 14.9. The van der Waals surface area contributed by atoms with Gasteiger partial charge in [0.05, 0.1) is 0 Å². The summed E-state index contributed by atoms with van der Waals surface area (Å²) in [5, 5.41) is 0. The molecule has 0 unspecified atom stereocenters. The predicted molar refractivity (Wildman–Crippen MR) is 201 cm³/mol. The first-order valence-electron chi connectivity index (χ1n) is 19.1. The van der Waals surface area contributed by atoms with Gasteiger partial charge in [0.25, 0.3) is 0 Å². The van der Waals surface area contributed by atoms with Crippen molar-refractivity contribution in [1.82, 2.24) is 0 Å². The zero-order valence-electron chi connectivity index (χ0n) is 29.8. The molecule has 0 N–H and O–H groups in total. The van der Waals surface area contributed by atoms with Gasteiger partial charge < -0.3 is 0 Å². The predicted octanol–water partition coefficient (Wildman–Crippen LogP) is 9.75. The number of carbonyl (C=O) groups excluding carboxylic acids is 1. The summed E-state index contributed by atoms with van der Waals surface area (Å²) in [6.45, 7) is 12.7. The molecule has 0 saturated heterocycles. The average molecular weight is 734 g/mol. The number of fused-ring (bicyclic) bond motifs is 5. The van der Waals surface area contributed by atoms with Gasteiger partial charge in [-0.05, 0) is 0 Å². The second-order valence-electron chi connectivity index (χ2n) is 17.1. The summed E-state index contributed by atoms with van der Waals surface area (Å²) >= 11 is -3.79. The maximum absolute atomic E-state index is 13.2. The third-order valence-corrected chi connectivity index (χ3v) is 29.5. The van der Waals surface area contributed by atoms with Gasteiger partial charge in [-0.3, -0.25) is 0 Å². The molecule has 3 aromatic rings. The zero-order chi connectivity index (χ0) is 32.8. The van der Waals surface area contributed by atoms with Crippen molar-refractivity contribution in [1.29, 1.82) is 0 Å². The first-order chi connectivity index (χ1) is 22.7. The van der Waals surface area contributed by atoms with Gasteiger partial charge in [0.2, 0.25) is 0 Å². The number of carbonyl (C=O) groups is 1. The van der Waals surface area contributed by atoms with Crippen LogP contribution in [0.15, 0.2) is 103 Å². The van der Waals surface area contributed by atoms with Crippen molar-refractivity contribution < 1.29 is 4.79 Å². The standard InChI is InChI=1S/C27H43O.3C6H5.Sn/c1-18(2)7-6-8-19(3)23-11-12-24-22-10-9-20-17-21(28)13-15-26(20,4)25(22)14-16-27(23,24)5;3*1-2-4-6-5-3-1;/h9-10,18-19,22-25H,6-8,11-17H2,1-5H3;3*1-5H;/t19-,22+,23-,24+,25+,26+,27-;;;;/m1..../s1. The Balaban J connectivity index is 1.44. The van der Waals surface area contributed by atoms with Crippen LogP contribution in [-0.4, -0.2) is 24.2 Å². The van der Waals surface area contributed by atoms with E-state index in [4.69, 9.17) is 0 Å². The summed E-state index contributed by atoms with van der Waals surface area (Å²) in [6, 6.07) is 35.3. The van der Waals surface area contributed by atoms with E-state index in [2.05, 4.69) is 132 Å². The third-order valence-electron chi connectivity index (χ3n) is 14.4. The quantitative estimate of drug-likeness (QED) is 0.158. The van der Waals surface area contributed by atoms with Crippen molar-refractivity contribution in [2.45, 2.75) is 103 Å². The molecule has 248 valence electrons. The van der Waals surface area contributed by atoms with Crippen LogP contribution in [0.5, 0.6) is 0 Å². The molecule has 3 saturated carbocycles. The summed E-state index contributed by atoms with van der Waals surface area (Å²) < 4.78 is 5.26. The van der Waals surface area contributed by atoms with Gasteiger partial charge in [0.1, 0.15) is 0 Å². The first kappa shape index (κ1) is 33.4. The molecule has 4 aliphatic rings. The Hall–Kier alpha value is -2.13. The van der Waals surface area contributed by atoms with Crippen LogP contribution < -0.4 is 10.7 Å². The summed E-state index contributed by atoms with van der Waals surface area (Å²) in [7, 11) is 0. The molecule has 1 nitrogen and oxygen atoms in total. The van der Waals surface area contributed by atoms with Gasteiger partial charge in [0, 0.05) is 0 Å². The van der Waals surface area contributed by atoms with E-state index < -0.39 is 18.4 Å². The Kier molecular flexibility index (Phi) is 9.44. The van der Waals surface area contributed by atoms with Crippen LogP contribution in [0.4, 0.5) is 0 Å². The number of allylic oxidation sites excluding steroid dienone is 2. The maximum atomic E-state index is 13.2. The van der Waals surface area contributed by atoms with E-state index in [0.717, 1.165) is 36.5 Å². The zero-order valence-corrected chi connectivity index (χ0v) is 32.6. The van der Waals surface area contributed by atoms with Gasteiger partial charge >= 0.3 is 291 Å². The fourth-order valence-electron chi connectivity index (χ4n) is 12.1.